The van der Waals surface area contributed by atoms with Crippen molar-refractivity contribution in [3.05, 3.63) is 84.2 Å². The van der Waals surface area contributed by atoms with Gasteiger partial charge in [0.1, 0.15) is 11.6 Å². The van der Waals surface area contributed by atoms with Crippen molar-refractivity contribution in [3.63, 3.8) is 0 Å². The minimum Gasteiger partial charge on any atom is -0.494 e. The Labute approximate surface area is 168 Å². The lowest BCUT2D eigenvalue weighted by atomic mass is 10.1. The summed E-state index contributed by atoms with van der Waals surface area (Å²) in [6.45, 7) is 2.41. The fraction of sp³-hybridized carbons (Fsp3) is 0.0952. The van der Waals surface area contributed by atoms with E-state index in [1.165, 1.54) is 12.1 Å². The van der Waals surface area contributed by atoms with E-state index in [4.69, 9.17) is 4.74 Å². The van der Waals surface area contributed by atoms with E-state index in [0.717, 1.165) is 24.3 Å². The Kier molecular flexibility index (Phi) is 6.13. The van der Waals surface area contributed by atoms with Gasteiger partial charge in [-0.2, -0.15) is 0 Å². The van der Waals surface area contributed by atoms with Gasteiger partial charge in [-0.25, -0.2) is 12.8 Å². The molecule has 0 atom stereocenters. The van der Waals surface area contributed by atoms with Crippen LogP contribution in [0.4, 0.5) is 15.8 Å². The van der Waals surface area contributed by atoms with E-state index in [-0.39, 0.29) is 16.1 Å². The van der Waals surface area contributed by atoms with Gasteiger partial charge in [-0.1, -0.05) is 12.1 Å². The topological polar surface area (TPSA) is 84.5 Å². The largest absolute Gasteiger partial charge is 0.494 e. The summed E-state index contributed by atoms with van der Waals surface area (Å²) in [5, 5.41) is 2.72. The van der Waals surface area contributed by atoms with Gasteiger partial charge in [0.15, 0.2) is 0 Å². The molecule has 0 aliphatic carbocycles. The van der Waals surface area contributed by atoms with Gasteiger partial charge in [0.25, 0.3) is 15.9 Å². The number of carbonyl (C=O) groups is 1. The Bertz CT molecular complexity index is 1100. The van der Waals surface area contributed by atoms with Gasteiger partial charge >= 0.3 is 0 Å². The highest BCUT2D eigenvalue weighted by atomic mass is 32.2. The van der Waals surface area contributed by atoms with Crippen LogP contribution in [0.25, 0.3) is 0 Å². The first kappa shape index (κ1) is 20.3. The maximum atomic E-state index is 13.1. The normalized spacial score (nSPS) is 11.0. The zero-order chi connectivity index (χ0) is 20.9. The zero-order valence-corrected chi connectivity index (χ0v) is 16.4. The number of rotatable bonds is 7. The summed E-state index contributed by atoms with van der Waals surface area (Å²) in [5.41, 5.74) is 0.794. The highest BCUT2D eigenvalue weighted by Crippen LogP contribution is 2.22. The number of halogens is 1. The molecule has 0 aromatic heterocycles. The van der Waals surface area contributed by atoms with Crippen LogP contribution in [0, 0.1) is 5.82 Å². The molecule has 0 saturated heterocycles. The molecule has 0 spiro atoms. The number of carbonyl (C=O) groups excluding carboxylic acids is 1. The lowest BCUT2D eigenvalue weighted by Gasteiger charge is -2.13. The van der Waals surface area contributed by atoms with E-state index in [1.807, 2.05) is 6.92 Å². The summed E-state index contributed by atoms with van der Waals surface area (Å²) in [6, 6.07) is 17.5. The van der Waals surface area contributed by atoms with Crippen LogP contribution in [-0.4, -0.2) is 20.9 Å². The first-order chi connectivity index (χ1) is 13.9. The van der Waals surface area contributed by atoms with Crippen LogP contribution in [0.2, 0.25) is 0 Å². The standard InChI is InChI=1S/C21H19FN2O4S/c1-2-28-17-11-9-16(10-12-17)23-21(25)19-5-3-4-6-20(19)24-29(26,27)18-13-7-15(22)8-14-18/h3-14,24H,2H2,1H3,(H,23,25). The molecule has 150 valence electrons. The third kappa shape index (κ3) is 5.11. The number of benzene rings is 3. The molecule has 3 rings (SSSR count). The van der Waals surface area contributed by atoms with E-state index in [2.05, 4.69) is 10.0 Å². The maximum Gasteiger partial charge on any atom is 0.261 e. The summed E-state index contributed by atoms with van der Waals surface area (Å²) in [4.78, 5) is 12.6. The summed E-state index contributed by atoms with van der Waals surface area (Å²) in [7, 11) is -3.98. The number of anilines is 2. The predicted octanol–water partition coefficient (Wildman–Crippen LogP) is 4.28. The van der Waals surface area contributed by atoms with Crippen LogP contribution in [0.5, 0.6) is 5.75 Å². The molecule has 2 N–H and O–H groups in total. The molecule has 0 aliphatic heterocycles. The van der Waals surface area contributed by atoms with Gasteiger partial charge in [-0.05, 0) is 67.6 Å². The van der Waals surface area contributed by atoms with Crippen LogP contribution in [-0.2, 0) is 10.0 Å². The molecule has 3 aromatic rings. The first-order valence-corrected chi connectivity index (χ1v) is 10.3. The molecule has 3 aromatic carbocycles. The van der Waals surface area contributed by atoms with E-state index in [1.54, 1.807) is 36.4 Å². The van der Waals surface area contributed by atoms with Gasteiger partial charge < -0.3 is 10.1 Å². The second-order valence-electron chi connectivity index (χ2n) is 6.02. The van der Waals surface area contributed by atoms with Crippen LogP contribution in [0.1, 0.15) is 17.3 Å². The Morgan fingerprint density at radius 1 is 0.966 bits per heavy atom. The number of hydrogen-bond donors (Lipinski definition) is 2. The molecule has 0 bridgehead atoms. The van der Waals surface area contributed by atoms with Crippen molar-refractivity contribution in [2.24, 2.45) is 0 Å². The van der Waals surface area contributed by atoms with E-state index in [0.29, 0.717) is 18.0 Å². The summed E-state index contributed by atoms with van der Waals surface area (Å²) in [5.74, 6) is -0.344. The second kappa shape index (κ2) is 8.74. The molecule has 0 saturated carbocycles. The Balaban J connectivity index is 1.81. The fourth-order valence-corrected chi connectivity index (χ4v) is 3.67. The molecule has 6 nitrogen and oxygen atoms in total. The highest BCUT2D eigenvalue weighted by molar-refractivity contribution is 7.92. The fourth-order valence-electron chi connectivity index (χ4n) is 2.59. The highest BCUT2D eigenvalue weighted by Gasteiger charge is 2.19. The van der Waals surface area contributed by atoms with Gasteiger partial charge in [0.2, 0.25) is 0 Å². The van der Waals surface area contributed by atoms with Crippen LogP contribution in [0.15, 0.2) is 77.7 Å². The van der Waals surface area contributed by atoms with Crippen molar-refractivity contribution in [1.29, 1.82) is 0 Å². The second-order valence-corrected chi connectivity index (χ2v) is 7.70. The minimum atomic E-state index is -3.98. The zero-order valence-electron chi connectivity index (χ0n) is 15.6. The number of nitrogens with one attached hydrogen (secondary N) is 2. The van der Waals surface area contributed by atoms with Crippen molar-refractivity contribution in [1.82, 2.24) is 0 Å². The Morgan fingerprint density at radius 2 is 1.62 bits per heavy atom. The number of sulfonamides is 1. The summed E-state index contributed by atoms with van der Waals surface area (Å²) < 4.78 is 45.9. The number of hydrogen-bond acceptors (Lipinski definition) is 4. The third-order valence-electron chi connectivity index (χ3n) is 3.96. The third-order valence-corrected chi connectivity index (χ3v) is 5.34. The molecule has 0 aliphatic rings. The lowest BCUT2D eigenvalue weighted by molar-refractivity contribution is 0.102. The Hall–Kier alpha value is -3.39. The van der Waals surface area contributed by atoms with Crippen molar-refractivity contribution in [3.8, 4) is 5.75 Å². The van der Waals surface area contributed by atoms with E-state index in [9.17, 15) is 17.6 Å². The number of amides is 1. The van der Waals surface area contributed by atoms with Gasteiger partial charge in [0, 0.05) is 5.69 Å². The Morgan fingerprint density at radius 3 is 2.28 bits per heavy atom. The quantitative estimate of drug-likeness (QED) is 0.604. The molecular formula is C21H19FN2O4S. The van der Waals surface area contributed by atoms with Crippen molar-refractivity contribution in [2.75, 3.05) is 16.6 Å². The van der Waals surface area contributed by atoms with Crippen molar-refractivity contribution in [2.45, 2.75) is 11.8 Å². The smallest absolute Gasteiger partial charge is 0.261 e. The SMILES string of the molecule is CCOc1ccc(NC(=O)c2ccccc2NS(=O)(=O)c2ccc(F)cc2)cc1. The average molecular weight is 414 g/mol. The summed E-state index contributed by atoms with van der Waals surface area (Å²) in [6.07, 6.45) is 0. The monoisotopic (exact) mass is 414 g/mol. The maximum absolute atomic E-state index is 13.1. The molecular weight excluding hydrogens is 395 g/mol. The molecule has 8 heteroatoms. The van der Waals surface area contributed by atoms with Crippen molar-refractivity contribution >= 4 is 27.3 Å². The van der Waals surface area contributed by atoms with Crippen LogP contribution < -0.4 is 14.8 Å². The number of para-hydroxylation sites is 1. The van der Waals surface area contributed by atoms with Crippen LogP contribution in [0.3, 0.4) is 0 Å². The van der Waals surface area contributed by atoms with E-state index < -0.39 is 21.7 Å². The van der Waals surface area contributed by atoms with Crippen LogP contribution >= 0.6 is 0 Å². The van der Waals surface area contributed by atoms with Gasteiger partial charge in [-0.3, -0.25) is 9.52 Å². The van der Waals surface area contributed by atoms with Gasteiger partial charge in [0.05, 0.1) is 22.8 Å². The molecule has 0 unspecified atom stereocenters. The van der Waals surface area contributed by atoms with Crippen molar-refractivity contribution < 1.29 is 22.3 Å². The minimum absolute atomic E-state index is 0.111. The molecule has 0 fully saturated rings. The molecule has 0 radical (unpaired) electrons. The van der Waals surface area contributed by atoms with Gasteiger partial charge in [-0.15, -0.1) is 0 Å². The predicted molar refractivity (Wildman–Crippen MR) is 109 cm³/mol. The first-order valence-electron chi connectivity index (χ1n) is 8.80. The molecule has 1 amide bonds. The summed E-state index contributed by atoms with van der Waals surface area (Å²) >= 11 is 0. The molecule has 0 heterocycles. The average Bonchev–Trinajstić information content (AvgIpc) is 2.70. The van der Waals surface area contributed by atoms with E-state index >= 15 is 0 Å². The molecule has 29 heavy (non-hydrogen) atoms. The lowest BCUT2D eigenvalue weighted by Crippen LogP contribution is -2.18. The number of ether oxygens (including phenoxy) is 1.